The number of furan rings is 1. The van der Waals surface area contributed by atoms with Crippen molar-refractivity contribution in [1.82, 2.24) is 0 Å². The van der Waals surface area contributed by atoms with Crippen molar-refractivity contribution in [2.45, 2.75) is 25.7 Å². The van der Waals surface area contributed by atoms with Crippen LogP contribution in [-0.2, 0) is 14.3 Å². The van der Waals surface area contributed by atoms with Crippen LogP contribution in [0, 0.1) is 5.41 Å². The van der Waals surface area contributed by atoms with Crippen molar-refractivity contribution in [2.24, 2.45) is 5.41 Å². The summed E-state index contributed by atoms with van der Waals surface area (Å²) in [6.45, 7) is 5.90. The number of hydrogen-bond acceptors (Lipinski definition) is 5. The Hall–Kier alpha value is -2.57. The lowest BCUT2D eigenvalue weighted by Gasteiger charge is -2.17. The van der Waals surface area contributed by atoms with Crippen LogP contribution in [0.4, 0.5) is 5.69 Å². The van der Waals surface area contributed by atoms with Crippen LogP contribution < -0.4 is 4.90 Å². The minimum absolute atomic E-state index is 0.130. The van der Waals surface area contributed by atoms with Crippen LogP contribution in [0.1, 0.15) is 20.8 Å². The molecule has 0 aliphatic heterocycles. The SMILES string of the molecule is CN(C)c1ccc(-c2ccc(-c3ccc(S(=O)(=O)OCC(C)(C)C)cc3)o2)cc1. The lowest BCUT2D eigenvalue weighted by atomic mass is 9.99. The maximum Gasteiger partial charge on any atom is 0.296 e. The molecule has 0 amide bonds. The molecular formula is C23H27NO4S. The van der Waals surface area contributed by atoms with Gasteiger partial charge in [0.15, 0.2) is 0 Å². The number of rotatable bonds is 6. The summed E-state index contributed by atoms with van der Waals surface area (Å²) in [6.07, 6.45) is 0. The third kappa shape index (κ3) is 5.28. The van der Waals surface area contributed by atoms with Crippen molar-refractivity contribution in [3.05, 3.63) is 60.7 Å². The van der Waals surface area contributed by atoms with E-state index in [0.29, 0.717) is 5.76 Å². The first-order valence-corrected chi connectivity index (χ1v) is 10.8. The molecule has 0 bridgehead atoms. The van der Waals surface area contributed by atoms with Gasteiger partial charge in [0.2, 0.25) is 0 Å². The Labute approximate surface area is 173 Å². The molecule has 0 aliphatic rings. The highest BCUT2D eigenvalue weighted by molar-refractivity contribution is 7.86. The van der Waals surface area contributed by atoms with Crippen LogP contribution in [0.2, 0.25) is 0 Å². The summed E-state index contributed by atoms with van der Waals surface area (Å²) in [4.78, 5) is 2.18. The number of hydrogen-bond donors (Lipinski definition) is 0. The molecular weight excluding hydrogens is 386 g/mol. The van der Waals surface area contributed by atoms with E-state index in [0.717, 1.165) is 22.6 Å². The van der Waals surface area contributed by atoms with Crippen LogP contribution in [0.15, 0.2) is 70.0 Å². The van der Waals surface area contributed by atoms with Gasteiger partial charge in [0.25, 0.3) is 10.1 Å². The summed E-state index contributed by atoms with van der Waals surface area (Å²) in [5.74, 6) is 1.44. The largest absolute Gasteiger partial charge is 0.456 e. The second-order valence-corrected chi connectivity index (χ2v) is 10.0. The van der Waals surface area contributed by atoms with Crippen molar-refractivity contribution in [3.8, 4) is 22.6 Å². The molecule has 0 saturated heterocycles. The van der Waals surface area contributed by atoms with Crippen molar-refractivity contribution in [1.29, 1.82) is 0 Å². The van der Waals surface area contributed by atoms with Crippen molar-refractivity contribution < 1.29 is 17.0 Å². The standard InChI is InChI=1S/C23H27NO4S/c1-23(2,3)16-27-29(25,26)20-12-8-18(9-13-20)22-15-14-21(28-22)17-6-10-19(11-7-17)24(4)5/h6-15H,16H2,1-5H3. The number of benzene rings is 2. The van der Waals surface area contributed by atoms with Crippen LogP contribution in [-0.4, -0.2) is 29.1 Å². The molecule has 0 unspecified atom stereocenters. The average molecular weight is 414 g/mol. The van der Waals surface area contributed by atoms with E-state index in [2.05, 4.69) is 0 Å². The van der Waals surface area contributed by atoms with Gasteiger partial charge in [0.05, 0.1) is 11.5 Å². The van der Waals surface area contributed by atoms with Gasteiger partial charge in [0.1, 0.15) is 11.5 Å². The zero-order chi connectivity index (χ0) is 21.2. The van der Waals surface area contributed by atoms with E-state index in [1.807, 2.05) is 76.2 Å². The van der Waals surface area contributed by atoms with Gasteiger partial charge in [-0.2, -0.15) is 8.42 Å². The highest BCUT2D eigenvalue weighted by Gasteiger charge is 2.20. The first-order valence-electron chi connectivity index (χ1n) is 9.43. The Bertz CT molecular complexity index is 1060. The molecule has 0 fully saturated rings. The lowest BCUT2D eigenvalue weighted by Crippen LogP contribution is -2.18. The number of nitrogens with zero attached hydrogens (tertiary/aromatic N) is 1. The maximum atomic E-state index is 12.3. The molecule has 0 spiro atoms. The quantitative estimate of drug-likeness (QED) is 0.504. The summed E-state index contributed by atoms with van der Waals surface area (Å²) < 4.78 is 35.8. The molecule has 29 heavy (non-hydrogen) atoms. The van der Waals surface area contributed by atoms with Crippen LogP contribution in [0.3, 0.4) is 0 Å². The molecule has 0 N–H and O–H groups in total. The third-order valence-corrected chi connectivity index (χ3v) is 5.63. The van der Waals surface area contributed by atoms with E-state index in [-0.39, 0.29) is 16.9 Å². The average Bonchev–Trinajstić information content (AvgIpc) is 3.16. The normalized spacial score (nSPS) is 12.2. The first-order chi connectivity index (χ1) is 13.5. The summed E-state index contributed by atoms with van der Waals surface area (Å²) in [6, 6.07) is 18.4. The monoisotopic (exact) mass is 413 g/mol. The second-order valence-electron chi connectivity index (χ2n) is 8.41. The molecule has 3 aromatic rings. The van der Waals surface area contributed by atoms with Crippen molar-refractivity contribution in [3.63, 3.8) is 0 Å². The van der Waals surface area contributed by atoms with Gasteiger partial charge in [0, 0.05) is 30.9 Å². The molecule has 1 aromatic heterocycles. The molecule has 2 aromatic carbocycles. The Morgan fingerprint density at radius 3 is 1.76 bits per heavy atom. The molecule has 0 radical (unpaired) electrons. The van der Waals surface area contributed by atoms with Gasteiger partial charge in [-0.3, -0.25) is 4.18 Å². The van der Waals surface area contributed by atoms with Gasteiger partial charge >= 0.3 is 0 Å². The minimum atomic E-state index is -3.78. The summed E-state index contributed by atoms with van der Waals surface area (Å²) in [7, 11) is 0.220. The molecule has 5 nitrogen and oxygen atoms in total. The topological polar surface area (TPSA) is 59.8 Å². The maximum absolute atomic E-state index is 12.3. The van der Waals surface area contributed by atoms with Gasteiger partial charge in [-0.05, 0) is 66.1 Å². The van der Waals surface area contributed by atoms with Gasteiger partial charge in [-0.1, -0.05) is 20.8 Å². The molecule has 0 atom stereocenters. The van der Waals surface area contributed by atoms with Gasteiger partial charge < -0.3 is 9.32 Å². The molecule has 154 valence electrons. The summed E-state index contributed by atoms with van der Waals surface area (Å²) >= 11 is 0. The van der Waals surface area contributed by atoms with Crippen molar-refractivity contribution >= 4 is 15.8 Å². The second kappa shape index (κ2) is 8.05. The zero-order valence-corrected chi connectivity index (χ0v) is 18.3. The van der Waals surface area contributed by atoms with E-state index < -0.39 is 10.1 Å². The smallest absolute Gasteiger partial charge is 0.296 e. The molecule has 0 saturated carbocycles. The predicted octanol–water partition coefficient (Wildman–Crippen LogP) is 5.43. The summed E-state index contributed by atoms with van der Waals surface area (Å²) in [5.41, 5.74) is 2.67. The molecule has 6 heteroatoms. The fourth-order valence-corrected chi connectivity index (χ4v) is 3.79. The molecule has 0 aliphatic carbocycles. The van der Waals surface area contributed by atoms with Crippen LogP contribution >= 0.6 is 0 Å². The fourth-order valence-electron chi connectivity index (χ4n) is 2.68. The van der Waals surface area contributed by atoms with Crippen molar-refractivity contribution in [2.75, 3.05) is 25.6 Å². The highest BCUT2D eigenvalue weighted by Crippen LogP contribution is 2.30. The molecule has 1 heterocycles. The molecule has 3 rings (SSSR count). The number of anilines is 1. The Kier molecular flexibility index (Phi) is 5.87. The highest BCUT2D eigenvalue weighted by atomic mass is 32.2. The lowest BCUT2D eigenvalue weighted by molar-refractivity contribution is 0.203. The Balaban J connectivity index is 1.77. The zero-order valence-electron chi connectivity index (χ0n) is 17.5. The van der Waals surface area contributed by atoms with E-state index in [1.165, 1.54) is 0 Å². The summed E-state index contributed by atoms with van der Waals surface area (Å²) in [5, 5.41) is 0. The predicted molar refractivity (Wildman–Crippen MR) is 116 cm³/mol. The minimum Gasteiger partial charge on any atom is -0.456 e. The van der Waals surface area contributed by atoms with Crippen LogP contribution in [0.25, 0.3) is 22.6 Å². The third-order valence-electron chi connectivity index (χ3n) is 4.35. The van der Waals surface area contributed by atoms with E-state index in [9.17, 15) is 8.42 Å². The Morgan fingerprint density at radius 1 is 0.828 bits per heavy atom. The Morgan fingerprint density at radius 2 is 1.31 bits per heavy atom. The fraction of sp³-hybridized carbons (Fsp3) is 0.304. The van der Waals surface area contributed by atoms with E-state index in [4.69, 9.17) is 8.60 Å². The van der Waals surface area contributed by atoms with Crippen LogP contribution in [0.5, 0.6) is 0 Å². The van der Waals surface area contributed by atoms with E-state index in [1.54, 1.807) is 24.3 Å². The van der Waals surface area contributed by atoms with Gasteiger partial charge in [-0.15, -0.1) is 0 Å². The van der Waals surface area contributed by atoms with E-state index >= 15 is 0 Å². The van der Waals surface area contributed by atoms with Gasteiger partial charge in [-0.25, -0.2) is 0 Å². The first kappa shape index (κ1) is 21.1.